The first-order valence-electron chi connectivity index (χ1n) is 12.5. The van der Waals surface area contributed by atoms with Crippen molar-refractivity contribution in [2.24, 2.45) is 0 Å². The molecule has 3 aromatic rings. The number of anilines is 1. The summed E-state index contributed by atoms with van der Waals surface area (Å²) in [4.78, 5) is 18.6. The number of nitrogens with one attached hydrogen (secondary N) is 2. The molecule has 0 unspecified atom stereocenters. The Morgan fingerprint density at radius 3 is 2.69 bits per heavy atom. The second-order valence-electron chi connectivity index (χ2n) is 9.68. The van der Waals surface area contributed by atoms with Crippen LogP contribution in [0.1, 0.15) is 59.4 Å². The maximum absolute atomic E-state index is 11.6. The van der Waals surface area contributed by atoms with E-state index in [0.717, 1.165) is 67.6 Å². The number of carbonyl (C=O) groups is 1. The Morgan fingerprint density at radius 2 is 2.03 bits per heavy atom. The Bertz CT molecular complexity index is 1230. The standard InChI is InChI=1S/C23H21N5O.C5H11N/c24-14-17-3-1-4-18(13-17)15-27-11-8-23(9-12-27)21-7-6-19(16-29)28(21)22-20(26-23)5-2-10-25-22;1-6-5-3-2-4-5/h1-7,10,13,16,26H,8-9,11-12,15H2;5-6H,2-4H2,1H3. The van der Waals surface area contributed by atoms with Crippen molar-refractivity contribution in [1.29, 1.82) is 5.26 Å². The number of rotatable bonds is 4. The summed E-state index contributed by atoms with van der Waals surface area (Å²) in [5.41, 5.74) is 4.37. The van der Waals surface area contributed by atoms with Crippen LogP contribution in [0.3, 0.4) is 0 Å². The molecule has 1 aliphatic carbocycles. The van der Waals surface area contributed by atoms with Crippen LogP contribution >= 0.6 is 0 Å². The zero-order valence-corrected chi connectivity index (χ0v) is 20.2. The Hall–Kier alpha value is -3.47. The number of nitriles is 1. The van der Waals surface area contributed by atoms with Crippen LogP contribution < -0.4 is 10.6 Å². The summed E-state index contributed by atoms with van der Waals surface area (Å²) in [5.74, 6) is 0.788. The van der Waals surface area contributed by atoms with Crippen molar-refractivity contribution in [3.8, 4) is 11.9 Å². The molecule has 2 N–H and O–H groups in total. The van der Waals surface area contributed by atoms with Crippen LogP contribution in [0.25, 0.3) is 5.82 Å². The number of nitrogens with zero attached hydrogens (tertiary/aromatic N) is 4. The smallest absolute Gasteiger partial charge is 0.166 e. The van der Waals surface area contributed by atoms with E-state index in [-0.39, 0.29) is 5.54 Å². The minimum atomic E-state index is -0.206. The number of carbonyl (C=O) groups excluding carboxylic acids is 1. The molecule has 6 rings (SSSR count). The van der Waals surface area contributed by atoms with Gasteiger partial charge in [0.25, 0.3) is 0 Å². The van der Waals surface area contributed by atoms with E-state index in [4.69, 9.17) is 5.26 Å². The first-order chi connectivity index (χ1) is 17.2. The number of hydrogen-bond acceptors (Lipinski definition) is 6. The summed E-state index contributed by atoms with van der Waals surface area (Å²) < 4.78 is 2.00. The van der Waals surface area contributed by atoms with Gasteiger partial charge in [0.2, 0.25) is 0 Å². The average Bonchev–Trinajstić information content (AvgIpc) is 3.31. The lowest BCUT2D eigenvalue weighted by Gasteiger charge is -2.46. The van der Waals surface area contributed by atoms with E-state index in [1.165, 1.54) is 19.3 Å². The van der Waals surface area contributed by atoms with Crippen molar-refractivity contribution in [3.63, 3.8) is 0 Å². The lowest BCUT2D eigenvalue weighted by atomic mass is 9.82. The molecular formula is C28H32N6O. The fourth-order valence-electron chi connectivity index (χ4n) is 5.32. The van der Waals surface area contributed by atoms with Gasteiger partial charge in [0.05, 0.1) is 34.2 Å². The van der Waals surface area contributed by atoms with Gasteiger partial charge in [-0.25, -0.2) is 4.98 Å². The molecule has 35 heavy (non-hydrogen) atoms. The molecule has 180 valence electrons. The van der Waals surface area contributed by atoms with Crippen molar-refractivity contribution in [3.05, 3.63) is 77.2 Å². The molecule has 0 radical (unpaired) electrons. The van der Waals surface area contributed by atoms with Gasteiger partial charge < -0.3 is 10.6 Å². The van der Waals surface area contributed by atoms with Gasteiger partial charge in [-0.3, -0.25) is 14.3 Å². The number of hydrogen-bond donors (Lipinski definition) is 2. The van der Waals surface area contributed by atoms with E-state index in [9.17, 15) is 4.79 Å². The molecule has 1 aromatic carbocycles. The molecule has 1 saturated heterocycles. The third kappa shape index (κ3) is 4.60. The van der Waals surface area contributed by atoms with Gasteiger partial charge in [0.1, 0.15) is 0 Å². The van der Waals surface area contributed by atoms with Crippen LogP contribution in [0, 0.1) is 11.3 Å². The number of aromatic nitrogens is 2. The van der Waals surface area contributed by atoms with Crippen molar-refractivity contribution >= 4 is 12.0 Å². The zero-order chi connectivity index (χ0) is 24.3. The fourth-order valence-corrected chi connectivity index (χ4v) is 5.32. The second-order valence-corrected chi connectivity index (χ2v) is 9.68. The molecule has 2 fully saturated rings. The van der Waals surface area contributed by atoms with Crippen LogP contribution in [0.5, 0.6) is 0 Å². The highest BCUT2D eigenvalue weighted by Gasteiger charge is 2.42. The van der Waals surface area contributed by atoms with E-state index >= 15 is 0 Å². The summed E-state index contributed by atoms with van der Waals surface area (Å²) in [6, 6.07) is 18.8. The number of pyridine rings is 1. The number of likely N-dealkylation sites (tertiary alicyclic amines) is 1. The van der Waals surface area contributed by atoms with E-state index in [1.807, 2.05) is 48.0 Å². The predicted molar refractivity (Wildman–Crippen MR) is 137 cm³/mol. The molecule has 4 heterocycles. The molecule has 0 atom stereocenters. The van der Waals surface area contributed by atoms with Gasteiger partial charge in [-0.2, -0.15) is 5.26 Å². The molecule has 0 bridgehead atoms. The van der Waals surface area contributed by atoms with Gasteiger partial charge in [0, 0.05) is 31.9 Å². The largest absolute Gasteiger partial charge is 0.371 e. The van der Waals surface area contributed by atoms with Crippen LogP contribution in [0.15, 0.2) is 54.7 Å². The third-order valence-electron chi connectivity index (χ3n) is 7.58. The van der Waals surface area contributed by atoms with Crippen molar-refractivity contribution in [1.82, 2.24) is 19.8 Å². The van der Waals surface area contributed by atoms with E-state index in [1.54, 1.807) is 6.20 Å². The van der Waals surface area contributed by atoms with Crippen LogP contribution in [0.2, 0.25) is 0 Å². The lowest BCUT2D eigenvalue weighted by Crippen LogP contribution is -2.49. The maximum atomic E-state index is 11.6. The Kier molecular flexibility index (Phi) is 6.67. The number of piperidine rings is 1. The van der Waals surface area contributed by atoms with E-state index < -0.39 is 0 Å². The SMILES string of the molecule is CNC1CCC1.N#Cc1cccc(CN2CCC3(CC2)Nc2cccnc2-n2c(C=O)ccc23)c1. The highest BCUT2D eigenvalue weighted by atomic mass is 16.1. The zero-order valence-electron chi connectivity index (χ0n) is 20.2. The first-order valence-corrected chi connectivity index (χ1v) is 12.5. The minimum Gasteiger partial charge on any atom is -0.371 e. The Labute approximate surface area is 206 Å². The number of benzene rings is 1. The fraction of sp³-hybridized carbons (Fsp3) is 0.393. The summed E-state index contributed by atoms with van der Waals surface area (Å²) in [7, 11) is 2.03. The highest BCUT2D eigenvalue weighted by Crippen LogP contribution is 2.43. The van der Waals surface area contributed by atoms with E-state index in [2.05, 4.69) is 38.7 Å². The van der Waals surface area contributed by atoms with Gasteiger partial charge in [-0.15, -0.1) is 0 Å². The molecule has 1 spiro atoms. The highest BCUT2D eigenvalue weighted by molar-refractivity contribution is 5.77. The molecule has 2 aromatic heterocycles. The Morgan fingerprint density at radius 1 is 1.20 bits per heavy atom. The lowest BCUT2D eigenvalue weighted by molar-refractivity contribution is 0.111. The summed E-state index contributed by atoms with van der Waals surface area (Å²) in [5, 5.41) is 16.1. The van der Waals surface area contributed by atoms with Crippen molar-refractivity contribution < 1.29 is 4.79 Å². The molecule has 7 heteroatoms. The van der Waals surface area contributed by atoms with Gasteiger partial charge in [0.15, 0.2) is 12.1 Å². The van der Waals surface area contributed by atoms with Gasteiger partial charge >= 0.3 is 0 Å². The third-order valence-corrected chi connectivity index (χ3v) is 7.58. The first kappa shape index (κ1) is 23.3. The maximum Gasteiger partial charge on any atom is 0.166 e. The van der Waals surface area contributed by atoms with Gasteiger partial charge in [-0.05, 0) is 74.7 Å². The number of fused-ring (bicyclic) bond motifs is 4. The Balaban J connectivity index is 0.000000371. The van der Waals surface area contributed by atoms with Crippen LogP contribution in [-0.2, 0) is 12.1 Å². The van der Waals surface area contributed by atoms with Crippen molar-refractivity contribution in [2.45, 2.75) is 50.2 Å². The van der Waals surface area contributed by atoms with Crippen molar-refractivity contribution in [2.75, 3.05) is 25.5 Å². The topological polar surface area (TPSA) is 86.0 Å². The van der Waals surface area contributed by atoms with E-state index in [0.29, 0.717) is 11.3 Å². The second kappa shape index (κ2) is 10.0. The van der Waals surface area contributed by atoms with Gasteiger partial charge in [-0.1, -0.05) is 18.6 Å². The summed E-state index contributed by atoms with van der Waals surface area (Å²) in [6.07, 6.45) is 8.76. The molecular weight excluding hydrogens is 436 g/mol. The normalized spacial score (nSPS) is 18.2. The number of aldehydes is 1. The molecule has 7 nitrogen and oxygen atoms in total. The predicted octanol–water partition coefficient (Wildman–Crippen LogP) is 4.23. The molecule has 2 aliphatic heterocycles. The van der Waals surface area contributed by atoms with Crippen LogP contribution in [0.4, 0.5) is 5.69 Å². The molecule has 1 saturated carbocycles. The van der Waals surface area contributed by atoms with Crippen LogP contribution in [-0.4, -0.2) is 46.9 Å². The summed E-state index contributed by atoms with van der Waals surface area (Å²) in [6.45, 7) is 2.70. The summed E-state index contributed by atoms with van der Waals surface area (Å²) >= 11 is 0. The monoisotopic (exact) mass is 468 g/mol. The molecule has 3 aliphatic rings. The average molecular weight is 469 g/mol. The minimum absolute atomic E-state index is 0.206. The quantitative estimate of drug-likeness (QED) is 0.558. The molecule has 0 amide bonds.